The normalized spacial score (nSPS) is 29.4. The van der Waals surface area contributed by atoms with E-state index in [-0.39, 0.29) is 11.7 Å². The first-order chi connectivity index (χ1) is 10.7. The van der Waals surface area contributed by atoms with E-state index in [0.717, 1.165) is 30.4 Å². The van der Waals surface area contributed by atoms with E-state index in [1.54, 1.807) is 0 Å². The molecule has 1 saturated carbocycles. The van der Waals surface area contributed by atoms with Crippen molar-refractivity contribution in [3.63, 3.8) is 0 Å². The molecule has 0 unspecified atom stereocenters. The number of rotatable bonds is 4. The topological polar surface area (TPSA) is 32.8 Å². The van der Waals surface area contributed by atoms with Crippen molar-refractivity contribution in [2.45, 2.75) is 49.4 Å². The summed E-state index contributed by atoms with van der Waals surface area (Å²) in [5.74, 6) is 0. The highest BCUT2D eigenvalue weighted by atomic mass is 16.6. The fourth-order valence-corrected chi connectivity index (χ4v) is 4.12. The highest BCUT2D eigenvalue weighted by Gasteiger charge is 2.69. The molecule has 1 aliphatic carbocycles. The molecule has 2 nitrogen and oxygen atoms in total. The standard InChI is InChI=1S/C20H22O2/c21-19(17-11-5-2-6-12-17,15-16-9-3-1-4-10-16)20-14-8-7-13-18(20)22-20/h1-6,9-12,18,21H,7-8,13-15H2/t18-,19+,20+/m1/s1. The van der Waals surface area contributed by atoms with E-state index in [0.29, 0.717) is 6.42 Å². The predicted molar refractivity (Wildman–Crippen MR) is 86.6 cm³/mol. The van der Waals surface area contributed by atoms with E-state index in [2.05, 4.69) is 12.1 Å². The Morgan fingerprint density at radius 2 is 1.68 bits per heavy atom. The molecule has 0 aromatic heterocycles. The third-order valence-corrected chi connectivity index (χ3v) is 5.33. The number of aliphatic hydroxyl groups is 1. The summed E-state index contributed by atoms with van der Waals surface area (Å²) in [5.41, 5.74) is 0.801. The zero-order valence-corrected chi connectivity index (χ0v) is 12.7. The Morgan fingerprint density at radius 3 is 2.36 bits per heavy atom. The molecule has 2 heteroatoms. The molecule has 0 radical (unpaired) electrons. The molecule has 22 heavy (non-hydrogen) atoms. The third kappa shape index (κ3) is 2.10. The monoisotopic (exact) mass is 294 g/mol. The quantitative estimate of drug-likeness (QED) is 0.869. The van der Waals surface area contributed by atoms with Gasteiger partial charge in [-0.2, -0.15) is 0 Å². The van der Waals surface area contributed by atoms with E-state index in [9.17, 15) is 5.11 Å². The van der Waals surface area contributed by atoms with Gasteiger partial charge in [-0.3, -0.25) is 0 Å². The molecular weight excluding hydrogens is 272 g/mol. The average Bonchev–Trinajstić information content (AvgIpc) is 3.33. The Labute approximate surface area is 131 Å². The number of hydrogen-bond donors (Lipinski definition) is 1. The van der Waals surface area contributed by atoms with Crippen LogP contribution in [0.5, 0.6) is 0 Å². The maximum absolute atomic E-state index is 11.7. The number of epoxide rings is 1. The van der Waals surface area contributed by atoms with E-state index in [1.807, 2.05) is 48.5 Å². The zero-order chi connectivity index (χ0) is 15.0. The highest BCUT2D eigenvalue weighted by Crippen LogP contribution is 2.58. The van der Waals surface area contributed by atoms with Gasteiger partial charge in [0.1, 0.15) is 11.2 Å². The summed E-state index contributed by atoms with van der Waals surface area (Å²) >= 11 is 0. The van der Waals surface area contributed by atoms with Crippen molar-refractivity contribution in [2.75, 3.05) is 0 Å². The van der Waals surface area contributed by atoms with E-state index in [4.69, 9.17) is 4.74 Å². The van der Waals surface area contributed by atoms with Gasteiger partial charge in [0.25, 0.3) is 0 Å². The molecule has 1 aliphatic heterocycles. The van der Waals surface area contributed by atoms with Gasteiger partial charge in [0.15, 0.2) is 0 Å². The van der Waals surface area contributed by atoms with Crippen LogP contribution >= 0.6 is 0 Å². The minimum atomic E-state index is -0.944. The third-order valence-electron chi connectivity index (χ3n) is 5.33. The second-order valence-electron chi connectivity index (χ2n) is 6.63. The molecule has 114 valence electrons. The van der Waals surface area contributed by atoms with Crippen molar-refractivity contribution >= 4 is 0 Å². The number of ether oxygens (including phenoxy) is 1. The summed E-state index contributed by atoms with van der Waals surface area (Å²) in [6.07, 6.45) is 5.20. The van der Waals surface area contributed by atoms with Crippen LogP contribution in [0.2, 0.25) is 0 Å². The van der Waals surface area contributed by atoms with Gasteiger partial charge < -0.3 is 9.84 Å². The van der Waals surface area contributed by atoms with Crippen molar-refractivity contribution in [2.24, 2.45) is 0 Å². The van der Waals surface area contributed by atoms with Gasteiger partial charge in [-0.1, -0.05) is 73.5 Å². The molecule has 2 aromatic carbocycles. The largest absolute Gasteiger partial charge is 0.382 e. The summed E-state index contributed by atoms with van der Waals surface area (Å²) in [6.45, 7) is 0. The van der Waals surface area contributed by atoms with Crippen molar-refractivity contribution in [1.82, 2.24) is 0 Å². The molecule has 2 aliphatic rings. The van der Waals surface area contributed by atoms with E-state index >= 15 is 0 Å². The van der Waals surface area contributed by atoms with Gasteiger partial charge in [0.05, 0.1) is 6.10 Å². The second-order valence-corrected chi connectivity index (χ2v) is 6.63. The lowest BCUT2D eigenvalue weighted by Crippen LogP contribution is -2.47. The molecule has 4 rings (SSSR count). The smallest absolute Gasteiger partial charge is 0.128 e. The number of fused-ring (bicyclic) bond motifs is 1. The van der Waals surface area contributed by atoms with Crippen molar-refractivity contribution in [3.8, 4) is 0 Å². The predicted octanol–water partition coefficient (Wildman–Crippen LogP) is 3.83. The minimum Gasteiger partial charge on any atom is -0.382 e. The van der Waals surface area contributed by atoms with Crippen LogP contribution in [-0.2, 0) is 16.8 Å². The van der Waals surface area contributed by atoms with Crippen molar-refractivity contribution in [1.29, 1.82) is 0 Å². The molecule has 2 fully saturated rings. The Hall–Kier alpha value is -1.64. The molecular formula is C20H22O2. The molecule has 1 heterocycles. The first-order valence-corrected chi connectivity index (χ1v) is 8.24. The van der Waals surface area contributed by atoms with Gasteiger partial charge in [-0.15, -0.1) is 0 Å². The maximum atomic E-state index is 11.7. The Balaban J connectivity index is 1.75. The van der Waals surface area contributed by atoms with Crippen LogP contribution < -0.4 is 0 Å². The Kier molecular flexibility index (Phi) is 3.32. The Bertz CT molecular complexity index is 639. The zero-order valence-electron chi connectivity index (χ0n) is 12.7. The molecule has 0 spiro atoms. The summed E-state index contributed by atoms with van der Waals surface area (Å²) in [5, 5.41) is 11.7. The van der Waals surface area contributed by atoms with Crippen LogP contribution in [0.4, 0.5) is 0 Å². The van der Waals surface area contributed by atoms with Gasteiger partial charge >= 0.3 is 0 Å². The van der Waals surface area contributed by atoms with Crippen LogP contribution in [0, 0.1) is 0 Å². The summed E-state index contributed by atoms with van der Waals surface area (Å²) in [7, 11) is 0. The van der Waals surface area contributed by atoms with Gasteiger partial charge in [0.2, 0.25) is 0 Å². The van der Waals surface area contributed by atoms with Crippen LogP contribution in [0.1, 0.15) is 36.8 Å². The Morgan fingerprint density at radius 1 is 1.00 bits per heavy atom. The minimum absolute atomic E-state index is 0.218. The van der Waals surface area contributed by atoms with Gasteiger partial charge in [-0.05, 0) is 24.0 Å². The average molecular weight is 294 g/mol. The van der Waals surface area contributed by atoms with Crippen molar-refractivity contribution < 1.29 is 9.84 Å². The van der Waals surface area contributed by atoms with Gasteiger partial charge in [-0.25, -0.2) is 0 Å². The van der Waals surface area contributed by atoms with Crippen LogP contribution in [0.3, 0.4) is 0 Å². The van der Waals surface area contributed by atoms with Gasteiger partial charge in [0, 0.05) is 6.42 Å². The van der Waals surface area contributed by atoms with Crippen LogP contribution in [-0.4, -0.2) is 16.8 Å². The highest BCUT2D eigenvalue weighted by molar-refractivity contribution is 5.35. The second kappa shape index (κ2) is 5.22. The lowest BCUT2D eigenvalue weighted by molar-refractivity contribution is -0.0495. The summed E-state index contributed by atoms with van der Waals surface area (Å²) < 4.78 is 6.11. The molecule has 2 aromatic rings. The molecule has 0 bridgehead atoms. The molecule has 3 atom stereocenters. The van der Waals surface area contributed by atoms with Crippen LogP contribution in [0.25, 0.3) is 0 Å². The number of hydrogen-bond acceptors (Lipinski definition) is 2. The summed E-state index contributed by atoms with van der Waals surface area (Å²) in [6, 6.07) is 20.3. The number of benzene rings is 2. The first-order valence-electron chi connectivity index (χ1n) is 8.24. The fourth-order valence-electron chi connectivity index (χ4n) is 4.12. The fraction of sp³-hybridized carbons (Fsp3) is 0.400. The molecule has 1 saturated heterocycles. The van der Waals surface area contributed by atoms with Crippen LogP contribution in [0.15, 0.2) is 60.7 Å². The molecule has 0 amide bonds. The molecule has 1 N–H and O–H groups in total. The van der Waals surface area contributed by atoms with E-state index < -0.39 is 5.60 Å². The maximum Gasteiger partial charge on any atom is 0.128 e. The lowest BCUT2D eigenvalue weighted by atomic mass is 9.70. The lowest BCUT2D eigenvalue weighted by Gasteiger charge is -2.37. The van der Waals surface area contributed by atoms with Crippen molar-refractivity contribution in [3.05, 3.63) is 71.8 Å². The SMILES string of the molecule is O[C@@](Cc1ccccc1)(c1ccccc1)[C@]12CCCC[C@H]1O2. The van der Waals surface area contributed by atoms with E-state index in [1.165, 1.54) is 6.42 Å². The first kappa shape index (κ1) is 14.0. The summed E-state index contributed by atoms with van der Waals surface area (Å²) in [4.78, 5) is 0.